The van der Waals surface area contributed by atoms with Crippen LogP contribution in [0.25, 0.3) is 0 Å². The van der Waals surface area contributed by atoms with Gasteiger partial charge in [-0.05, 0) is 49.6 Å². The summed E-state index contributed by atoms with van der Waals surface area (Å²) in [6, 6.07) is 14.5. The minimum Gasteiger partial charge on any atom is -0.345 e. The first-order valence-electron chi connectivity index (χ1n) is 9.74. The predicted octanol–water partition coefficient (Wildman–Crippen LogP) is 5.76. The number of carbonyl (C=O) groups excluding carboxylic acids is 1. The van der Waals surface area contributed by atoms with Gasteiger partial charge in [-0.3, -0.25) is 4.90 Å². The van der Waals surface area contributed by atoms with E-state index in [9.17, 15) is 18.0 Å². The Morgan fingerprint density at radius 2 is 1.72 bits per heavy atom. The topological polar surface area (TPSA) is 61.4 Å². The summed E-state index contributed by atoms with van der Waals surface area (Å²) in [6.07, 6.45) is -1.01. The van der Waals surface area contributed by atoms with Gasteiger partial charge in [0.1, 0.15) is 6.54 Å². The van der Waals surface area contributed by atoms with Crippen LogP contribution in [0, 0.1) is 6.92 Å². The lowest BCUT2D eigenvalue weighted by molar-refractivity contribution is -0.115. The van der Waals surface area contributed by atoms with Gasteiger partial charge in [0.2, 0.25) is 5.95 Å². The zero-order chi connectivity index (χ0) is 22.9. The van der Waals surface area contributed by atoms with Crippen LogP contribution >= 0.6 is 11.8 Å². The van der Waals surface area contributed by atoms with Crippen molar-refractivity contribution in [3.63, 3.8) is 0 Å². The Morgan fingerprint density at radius 3 is 2.34 bits per heavy atom. The number of aryl methyl sites for hydroxylation is 1. The van der Waals surface area contributed by atoms with E-state index >= 15 is 0 Å². The number of rotatable bonds is 5. The van der Waals surface area contributed by atoms with Gasteiger partial charge in [0.05, 0.1) is 12.2 Å². The molecule has 1 aromatic heterocycles. The molecule has 2 heterocycles. The molecule has 4 rings (SSSR count). The van der Waals surface area contributed by atoms with Gasteiger partial charge in [0, 0.05) is 22.3 Å². The molecule has 2 aromatic carbocycles. The summed E-state index contributed by atoms with van der Waals surface area (Å²) in [7, 11) is 0. The first-order chi connectivity index (χ1) is 15.2. The van der Waals surface area contributed by atoms with Crippen molar-refractivity contribution in [2.24, 2.45) is 0 Å². The number of hydrogen-bond donors (Lipinski definition) is 1. The third-order valence-corrected chi connectivity index (χ3v) is 5.67. The van der Waals surface area contributed by atoms with Crippen LogP contribution in [-0.2, 0) is 6.54 Å². The first kappa shape index (κ1) is 21.9. The molecule has 0 unspecified atom stereocenters. The lowest BCUT2D eigenvalue weighted by atomic mass is 10.1. The Hall–Kier alpha value is -3.27. The molecule has 1 N–H and O–H groups in total. The van der Waals surface area contributed by atoms with Gasteiger partial charge in [0.25, 0.3) is 0 Å². The fourth-order valence-corrected chi connectivity index (χ4v) is 3.72. The molecule has 32 heavy (non-hydrogen) atoms. The molecular weight excluding hydrogens is 439 g/mol. The van der Waals surface area contributed by atoms with E-state index < -0.39 is 12.7 Å². The Labute approximate surface area is 187 Å². The molecule has 3 aromatic rings. The molecule has 0 atom stereocenters. The minimum absolute atomic E-state index is 0.191. The van der Waals surface area contributed by atoms with E-state index in [1.54, 1.807) is 28.8 Å². The Morgan fingerprint density at radius 1 is 1.06 bits per heavy atom. The molecule has 2 amide bonds. The largest absolute Gasteiger partial charge is 0.405 e. The first-order valence-corrected chi connectivity index (χ1v) is 11.0. The number of urea groups is 1. The van der Waals surface area contributed by atoms with Crippen molar-refractivity contribution in [2.45, 2.75) is 24.5 Å². The molecular formula is C22H20F3N5OS. The Kier molecular flexibility index (Phi) is 5.96. The number of carbonyl (C=O) groups is 1. The van der Waals surface area contributed by atoms with Crippen LogP contribution in [0.4, 0.5) is 41.1 Å². The summed E-state index contributed by atoms with van der Waals surface area (Å²) in [5.74, 6) is 0.0679. The van der Waals surface area contributed by atoms with Crippen molar-refractivity contribution in [1.29, 1.82) is 0 Å². The van der Waals surface area contributed by atoms with Gasteiger partial charge in [-0.2, -0.15) is 18.2 Å². The fraction of sp³-hybridized carbons (Fsp3) is 0.227. The molecule has 166 valence electrons. The molecule has 1 aliphatic heterocycles. The zero-order valence-electron chi connectivity index (χ0n) is 17.3. The lowest BCUT2D eigenvalue weighted by Crippen LogP contribution is -2.45. The van der Waals surface area contributed by atoms with Gasteiger partial charge in [-0.25, -0.2) is 14.7 Å². The summed E-state index contributed by atoms with van der Waals surface area (Å²) in [6.45, 7) is 0.897. The number of nitrogens with zero attached hydrogens (tertiary/aromatic N) is 4. The summed E-state index contributed by atoms with van der Waals surface area (Å²) >= 11 is 1.56. The highest BCUT2D eigenvalue weighted by atomic mass is 32.2. The quantitative estimate of drug-likeness (QED) is 0.492. The van der Waals surface area contributed by atoms with Crippen LogP contribution in [0.2, 0.25) is 0 Å². The number of thioether (sulfide) groups is 1. The monoisotopic (exact) mass is 459 g/mol. The third-order valence-electron chi connectivity index (χ3n) is 4.93. The van der Waals surface area contributed by atoms with Gasteiger partial charge in [-0.1, -0.05) is 17.7 Å². The number of halogens is 3. The van der Waals surface area contributed by atoms with Gasteiger partial charge in [0.15, 0.2) is 5.82 Å². The third kappa shape index (κ3) is 4.64. The summed E-state index contributed by atoms with van der Waals surface area (Å²) in [5.41, 5.74) is 2.95. The van der Waals surface area contributed by atoms with E-state index in [1.807, 2.05) is 49.6 Å². The molecule has 0 bridgehead atoms. The van der Waals surface area contributed by atoms with Gasteiger partial charge >= 0.3 is 12.2 Å². The normalized spacial score (nSPS) is 13.8. The standard InChI is InChI=1S/C22H20F3N5OS/c1-14-3-5-16(6-4-14)29-12-15-11-26-20(27-13-22(23,24)25)28-19(15)30(21(29)31)17-7-9-18(32-2)10-8-17/h3-11H,12-13H2,1-2H3,(H,26,27,28). The summed E-state index contributed by atoms with van der Waals surface area (Å²) in [5, 5.41) is 2.19. The van der Waals surface area contributed by atoms with Crippen molar-refractivity contribution in [3.8, 4) is 0 Å². The van der Waals surface area contributed by atoms with Crippen LogP contribution in [-0.4, -0.2) is 35.0 Å². The van der Waals surface area contributed by atoms with Crippen molar-refractivity contribution in [2.75, 3.05) is 27.9 Å². The van der Waals surface area contributed by atoms with E-state index in [4.69, 9.17) is 0 Å². The molecule has 0 spiro atoms. The number of amides is 2. The van der Waals surface area contributed by atoms with E-state index in [2.05, 4.69) is 15.3 Å². The number of hydrogen-bond acceptors (Lipinski definition) is 5. The van der Waals surface area contributed by atoms with Crippen molar-refractivity contribution >= 4 is 40.9 Å². The molecule has 10 heteroatoms. The molecule has 0 aliphatic carbocycles. The van der Waals surface area contributed by atoms with Gasteiger partial charge in [-0.15, -0.1) is 11.8 Å². The molecule has 1 aliphatic rings. The molecule has 0 saturated heterocycles. The van der Waals surface area contributed by atoms with E-state index in [-0.39, 0.29) is 24.3 Å². The maximum Gasteiger partial charge on any atom is 0.405 e. The number of alkyl halides is 3. The van der Waals surface area contributed by atoms with E-state index in [0.717, 1.165) is 10.5 Å². The number of fused-ring (bicyclic) bond motifs is 1. The van der Waals surface area contributed by atoms with Gasteiger partial charge < -0.3 is 5.32 Å². The second-order valence-corrected chi connectivity index (χ2v) is 8.13. The predicted molar refractivity (Wildman–Crippen MR) is 120 cm³/mol. The average Bonchev–Trinajstić information content (AvgIpc) is 2.77. The van der Waals surface area contributed by atoms with Crippen LogP contribution < -0.4 is 15.1 Å². The molecule has 0 fully saturated rings. The van der Waals surface area contributed by atoms with E-state index in [0.29, 0.717) is 16.9 Å². The van der Waals surface area contributed by atoms with E-state index in [1.165, 1.54) is 11.1 Å². The Balaban J connectivity index is 1.76. The van der Waals surface area contributed by atoms with Crippen LogP contribution in [0.5, 0.6) is 0 Å². The fourth-order valence-electron chi connectivity index (χ4n) is 3.31. The smallest absolute Gasteiger partial charge is 0.345 e. The SMILES string of the molecule is CSc1ccc(N2C(=O)N(c3ccc(C)cc3)Cc3cnc(NCC(F)(F)F)nc32)cc1. The second kappa shape index (κ2) is 8.70. The maximum atomic E-state index is 13.5. The van der Waals surface area contributed by atoms with Crippen LogP contribution in [0.1, 0.15) is 11.1 Å². The summed E-state index contributed by atoms with van der Waals surface area (Å²) < 4.78 is 37.9. The van der Waals surface area contributed by atoms with Crippen molar-refractivity contribution < 1.29 is 18.0 Å². The highest BCUT2D eigenvalue weighted by Gasteiger charge is 2.35. The summed E-state index contributed by atoms with van der Waals surface area (Å²) in [4.78, 5) is 25.8. The number of aromatic nitrogens is 2. The maximum absolute atomic E-state index is 13.5. The molecule has 0 radical (unpaired) electrons. The number of nitrogens with one attached hydrogen (secondary N) is 1. The molecule has 6 nitrogen and oxygen atoms in total. The van der Waals surface area contributed by atoms with Crippen LogP contribution in [0.15, 0.2) is 59.6 Å². The zero-order valence-corrected chi connectivity index (χ0v) is 18.2. The number of anilines is 4. The van der Waals surface area contributed by atoms with Crippen molar-refractivity contribution in [1.82, 2.24) is 9.97 Å². The van der Waals surface area contributed by atoms with Crippen molar-refractivity contribution in [3.05, 3.63) is 65.9 Å². The Bertz CT molecular complexity index is 1120. The molecule has 0 saturated carbocycles. The second-order valence-electron chi connectivity index (χ2n) is 7.25. The minimum atomic E-state index is -4.41. The number of benzene rings is 2. The lowest BCUT2D eigenvalue weighted by Gasteiger charge is -2.36. The highest BCUT2D eigenvalue weighted by molar-refractivity contribution is 7.98. The highest BCUT2D eigenvalue weighted by Crippen LogP contribution is 2.36. The van der Waals surface area contributed by atoms with Crippen LogP contribution in [0.3, 0.4) is 0 Å². The average molecular weight is 459 g/mol.